The van der Waals surface area contributed by atoms with Crippen LogP contribution >= 0.6 is 15.9 Å². The summed E-state index contributed by atoms with van der Waals surface area (Å²) in [5.74, 6) is 0.0265. The highest BCUT2D eigenvalue weighted by atomic mass is 79.9. The minimum atomic E-state index is 0.0265. The van der Waals surface area contributed by atoms with Crippen LogP contribution in [0.3, 0.4) is 0 Å². The molecular formula is C10H10BrNO2. The average molecular weight is 256 g/mol. The van der Waals surface area contributed by atoms with E-state index in [0.29, 0.717) is 13.0 Å². The summed E-state index contributed by atoms with van der Waals surface area (Å²) in [6.07, 6.45) is 1.38. The molecule has 0 unspecified atom stereocenters. The van der Waals surface area contributed by atoms with Gasteiger partial charge in [0.15, 0.2) is 0 Å². The Hall–Kier alpha value is -0.870. The third-order valence-electron chi connectivity index (χ3n) is 2.04. The number of hydrogen-bond acceptors (Lipinski definition) is 2. The first kappa shape index (κ1) is 9.68. The normalized spacial score (nSPS) is 17.2. The molecule has 0 radical (unpaired) electrons. The van der Waals surface area contributed by atoms with Crippen molar-refractivity contribution in [3.63, 3.8) is 0 Å². The quantitative estimate of drug-likeness (QED) is 0.772. The molecule has 1 aromatic carbocycles. The summed E-state index contributed by atoms with van der Waals surface area (Å²) in [5.41, 5.74) is 0.790. The maximum absolute atomic E-state index is 11.5. The largest absolute Gasteiger partial charge is 0.272 e. The Bertz CT molecular complexity index is 336. The SMILES string of the molecule is O=C1CCCON1c1ccc(Br)cc1. The number of rotatable bonds is 1. The standard InChI is InChI=1S/C10H10BrNO2/c11-8-3-5-9(6-4-8)12-10(13)2-1-7-14-12/h3-6H,1-2,7H2. The summed E-state index contributed by atoms with van der Waals surface area (Å²) >= 11 is 3.34. The Morgan fingerprint density at radius 3 is 2.64 bits per heavy atom. The highest BCUT2D eigenvalue weighted by Crippen LogP contribution is 2.21. The number of anilines is 1. The smallest absolute Gasteiger partial charge is 0.250 e. The molecule has 0 saturated carbocycles. The van der Waals surface area contributed by atoms with Gasteiger partial charge in [-0.15, -0.1) is 0 Å². The van der Waals surface area contributed by atoms with Crippen molar-refractivity contribution in [2.75, 3.05) is 11.7 Å². The fourth-order valence-electron chi connectivity index (χ4n) is 1.35. The highest BCUT2D eigenvalue weighted by molar-refractivity contribution is 9.10. The number of hydrogen-bond donors (Lipinski definition) is 0. The number of carbonyl (C=O) groups excluding carboxylic acids is 1. The van der Waals surface area contributed by atoms with Crippen molar-refractivity contribution in [2.24, 2.45) is 0 Å². The van der Waals surface area contributed by atoms with E-state index in [9.17, 15) is 4.79 Å². The van der Waals surface area contributed by atoms with E-state index < -0.39 is 0 Å². The van der Waals surface area contributed by atoms with Crippen LogP contribution in [0.5, 0.6) is 0 Å². The number of amides is 1. The summed E-state index contributed by atoms with van der Waals surface area (Å²) in [4.78, 5) is 16.8. The fraction of sp³-hybridized carbons (Fsp3) is 0.300. The van der Waals surface area contributed by atoms with Crippen molar-refractivity contribution in [3.05, 3.63) is 28.7 Å². The number of benzene rings is 1. The van der Waals surface area contributed by atoms with E-state index in [1.165, 1.54) is 5.06 Å². The number of nitrogens with zero attached hydrogens (tertiary/aromatic N) is 1. The molecule has 0 bridgehead atoms. The molecule has 1 aliphatic heterocycles. The lowest BCUT2D eigenvalue weighted by Gasteiger charge is -2.25. The van der Waals surface area contributed by atoms with Gasteiger partial charge in [0.1, 0.15) is 0 Å². The lowest BCUT2D eigenvalue weighted by molar-refractivity contribution is -0.129. The van der Waals surface area contributed by atoms with Crippen molar-refractivity contribution in [3.8, 4) is 0 Å². The van der Waals surface area contributed by atoms with Gasteiger partial charge in [-0.25, -0.2) is 0 Å². The maximum atomic E-state index is 11.5. The van der Waals surface area contributed by atoms with Crippen molar-refractivity contribution in [1.29, 1.82) is 0 Å². The van der Waals surface area contributed by atoms with Crippen molar-refractivity contribution >= 4 is 27.5 Å². The van der Waals surface area contributed by atoms with Crippen LogP contribution in [0.4, 0.5) is 5.69 Å². The minimum absolute atomic E-state index is 0.0265. The van der Waals surface area contributed by atoms with Gasteiger partial charge < -0.3 is 0 Å². The van der Waals surface area contributed by atoms with Crippen LogP contribution in [0.15, 0.2) is 28.7 Å². The molecule has 2 rings (SSSR count). The molecule has 1 heterocycles. The third kappa shape index (κ3) is 1.96. The second-order valence-corrected chi connectivity index (χ2v) is 4.02. The molecule has 1 amide bonds. The van der Waals surface area contributed by atoms with Gasteiger partial charge in [-0.2, -0.15) is 5.06 Å². The monoisotopic (exact) mass is 255 g/mol. The van der Waals surface area contributed by atoms with Crippen LogP contribution < -0.4 is 5.06 Å². The topological polar surface area (TPSA) is 29.5 Å². The first-order chi connectivity index (χ1) is 6.77. The maximum Gasteiger partial charge on any atom is 0.250 e. The van der Waals surface area contributed by atoms with E-state index in [-0.39, 0.29) is 5.91 Å². The molecule has 0 aliphatic carbocycles. The number of hydroxylamine groups is 1. The number of carbonyl (C=O) groups is 1. The van der Waals surface area contributed by atoms with E-state index in [1.54, 1.807) is 0 Å². The Morgan fingerprint density at radius 2 is 2.00 bits per heavy atom. The summed E-state index contributed by atoms with van der Waals surface area (Å²) in [7, 11) is 0. The van der Waals surface area contributed by atoms with Crippen molar-refractivity contribution in [1.82, 2.24) is 0 Å². The summed E-state index contributed by atoms with van der Waals surface area (Å²) in [5, 5.41) is 1.37. The van der Waals surface area contributed by atoms with Crippen molar-refractivity contribution in [2.45, 2.75) is 12.8 Å². The van der Waals surface area contributed by atoms with E-state index in [0.717, 1.165) is 16.6 Å². The van der Waals surface area contributed by atoms with Crippen LogP contribution in [-0.4, -0.2) is 12.5 Å². The zero-order chi connectivity index (χ0) is 9.97. The first-order valence-corrected chi connectivity index (χ1v) is 5.28. The van der Waals surface area contributed by atoms with Gasteiger partial charge in [0.2, 0.25) is 0 Å². The molecule has 1 saturated heterocycles. The predicted octanol–water partition coefficient (Wildman–Crippen LogP) is 2.51. The van der Waals surface area contributed by atoms with Crippen LogP contribution in [0.1, 0.15) is 12.8 Å². The van der Waals surface area contributed by atoms with Gasteiger partial charge in [0.25, 0.3) is 5.91 Å². The first-order valence-electron chi connectivity index (χ1n) is 4.49. The van der Waals surface area contributed by atoms with Gasteiger partial charge >= 0.3 is 0 Å². The van der Waals surface area contributed by atoms with Crippen LogP contribution in [0, 0.1) is 0 Å². The molecule has 1 aliphatic rings. The molecule has 1 aromatic rings. The molecule has 0 spiro atoms. The second-order valence-electron chi connectivity index (χ2n) is 3.10. The molecule has 4 heteroatoms. The van der Waals surface area contributed by atoms with Crippen LogP contribution in [-0.2, 0) is 9.63 Å². The third-order valence-corrected chi connectivity index (χ3v) is 2.57. The Kier molecular flexibility index (Phi) is 2.84. The zero-order valence-electron chi connectivity index (χ0n) is 7.57. The molecule has 14 heavy (non-hydrogen) atoms. The highest BCUT2D eigenvalue weighted by Gasteiger charge is 2.20. The summed E-state index contributed by atoms with van der Waals surface area (Å²) in [6.45, 7) is 0.613. The lowest BCUT2D eigenvalue weighted by Crippen LogP contribution is -2.35. The Balaban J connectivity index is 2.20. The Morgan fingerprint density at radius 1 is 1.29 bits per heavy atom. The predicted molar refractivity (Wildman–Crippen MR) is 56.8 cm³/mol. The Labute approximate surface area is 90.7 Å². The van der Waals surface area contributed by atoms with E-state index >= 15 is 0 Å². The zero-order valence-corrected chi connectivity index (χ0v) is 9.16. The molecule has 0 N–H and O–H groups in total. The lowest BCUT2D eigenvalue weighted by atomic mass is 10.2. The molecule has 74 valence electrons. The molecule has 1 fully saturated rings. The van der Waals surface area contributed by atoms with Crippen LogP contribution in [0.25, 0.3) is 0 Å². The van der Waals surface area contributed by atoms with E-state index in [1.807, 2.05) is 24.3 Å². The fourth-order valence-corrected chi connectivity index (χ4v) is 1.61. The van der Waals surface area contributed by atoms with Gasteiger partial charge in [0.05, 0.1) is 12.3 Å². The number of halogens is 1. The van der Waals surface area contributed by atoms with Crippen LogP contribution in [0.2, 0.25) is 0 Å². The van der Waals surface area contributed by atoms with E-state index in [2.05, 4.69) is 15.9 Å². The summed E-state index contributed by atoms with van der Waals surface area (Å²) in [6, 6.07) is 7.49. The molecule has 3 nitrogen and oxygen atoms in total. The molecular weight excluding hydrogens is 246 g/mol. The molecule has 0 aromatic heterocycles. The van der Waals surface area contributed by atoms with Gasteiger partial charge in [0, 0.05) is 10.9 Å². The van der Waals surface area contributed by atoms with Gasteiger partial charge in [-0.1, -0.05) is 15.9 Å². The minimum Gasteiger partial charge on any atom is -0.272 e. The summed E-state index contributed by atoms with van der Waals surface area (Å²) < 4.78 is 0.991. The van der Waals surface area contributed by atoms with Crippen molar-refractivity contribution < 1.29 is 9.63 Å². The second kappa shape index (κ2) is 4.11. The average Bonchev–Trinajstić information content (AvgIpc) is 2.20. The van der Waals surface area contributed by atoms with E-state index in [4.69, 9.17) is 4.84 Å². The van der Waals surface area contributed by atoms with Gasteiger partial charge in [-0.3, -0.25) is 9.63 Å². The van der Waals surface area contributed by atoms with Gasteiger partial charge in [-0.05, 0) is 30.7 Å². The molecule has 0 atom stereocenters.